The van der Waals surface area contributed by atoms with Gasteiger partial charge in [-0.2, -0.15) is 5.10 Å². The maximum absolute atomic E-state index is 12.0. The van der Waals surface area contributed by atoms with Gasteiger partial charge in [-0.25, -0.2) is 5.43 Å². The number of rotatable bonds is 3. The minimum Gasteiger partial charge on any atom is -0.507 e. The summed E-state index contributed by atoms with van der Waals surface area (Å²) in [4.78, 5) is 12.0. The molecule has 0 aliphatic heterocycles. The van der Waals surface area contributed by atoms with Gasteiger partial charge in [0.05, 0.1) is 11.8 Å². The number of hydrogen-bond donors (Lipinski definition) is 2. The lowest BCUT2D eigenvalue weighted by Crippen LogP contribution is -2.18. The van der Waals surface area contributed by atoms with Crippen molar-refractivity contribution in [1.29, 1.82) is 0 Å². The third-order valence-electron chi connectivity index (χ3n) is 2.74. The van der Waals surface area contributed by atoms with E-state index in [-0.39, 0.29) is 11.7 Å². The van der Waals surface area contributed by atoms with E-state index in [1.807, 2.05) is 0 Å². The molecular weight excluding hydrogens is 412 g/mol. The van der Waals surface area contributed by atoms with Crippen molar-refractivity contribution in [2.75, 3.05) is 0 Å². The van der Waals surface area contributed by atoms with Crippen molar-refractivity contribution >= 4 is 44.0 Å². The van der Waals surface area contributed by atoms with Crippen LogP contribution < -0.4 is 5.43 Å². The van der Waals surface area contributed by atoms with E-state index in [9.17, 15) is 9.90 Å². The van der Waals surface area contributed by atoms with E-state index in [4.69, 9.17) is 6.42 Å². The number of phenols is 1. The number of benzene rings is 2. The molecule has 2 aromatic rings. The lowest BCUT2D eigenvalue weighted by atomic mass is 10.1. The molecule has 0 aliphatic rings. The summed E-state index contributed by atoms with van der Waals surface area (Å²) in [6.45, 7) is 0. The van der Waals surface area contributed by atoms with Gasteiger partial charge in [0.15, 0.2) is 0 Å². The Morgan fingerprint density at radius 1 is 1.27 bits per heavy atom. The second-order valence-corrected chi connectivity index (χ2v) is 6.01. The quantitative estimate of drug-likeness (QED) is 0.451. The molecule has 0 saturated heterocycles. The first-order chi connectivity index (χ1) is 10.5. The maximum Gasteiger partial charge on any atom is 0.272 e. The van der Waals surface area contributed by atoms with Crippen molar-refractivity contribution in [3.63, 3.8) is 0 Å². The van der Waals surface area contributed by atoms with Crippen LogP contribution in [-0.2, 0) is 0 Å². The number of terminal acetylenes is 1. The first-order valence-electron chi connectivity index (χ1n) is 6.09. The minimum atomic E-state index is -0.365. The number of carbonyl (C=O) groups is 1. The minimum absolute atomic E-state index is 0.00160. The van der Waals surface area contributed by atoms with Crippen LogP contribution >= 0.6 is 31.9 Å². The van der Waals surface area contributed by atoms with Crippen molar-refractivity contribution in [2.45, 2.75) is 0 Å². The molecule has 0 atom stereocenters. The smallest absolute Gasteiger partial charge is 0.272 e. The molecule has 0 radical (unpaired) electrons. The predicted octanol–water partition coefficient (Wildman–Crippen LogP) is 3.66. The summed E-state index contributed by atoms with van der Waals surface area (Å²) in [5.41, 5.74) is 3.87. The molecule has 2 N–H and O–H groups in total. The molecule has 0 saturated carbocycles. The lowest BCUT2D eigenvalue weighted by Gasteiger charge is -2.03. The lowest BCUT2D eigenvalue weighted by molar-refractivity contribution is 0.0954. The number of nitrogens with zero attached hydrogens (tertiary/aromatic N) is 1. The fourth-order valence-electron chi connectivity index (χ4n) is 1.64. The average molecular weight is 422 g/mol. The number of halogens is 2. The van der Waals surface area contributed by atoms with Gasteiger partial charge in [0.1, 0.15) is 5.75 Å². The Kier molecular flexibility index (Phi) is 5.36. The third kappa shape index (κ3) is 3.97. The van der Waals surface area contributed by atoms with Crippen LogP contribution in [0.3, 0.4) is 0 Å². The van der Waals surface area contributed by atoms with E-state index in [0.29, 0.717) is 21.2 Å². The van der Waals surface area contributed by atoms with Crippen molar-refractivity contribution in [3.05, 3.63) is 62.0 Å². The number of aromatic hydroxyl groups is 1. The Morgan fingerprint density at radius 3 is 2.68 bits per heavy atom. The third-order valence-corrected chi connectivity index (χ3v) is 3.89. The van der Waals surface area contributed by atoms with Gasteiger partial charge in [-0.3, -0.25) is 4.79 Å². The first-order valence-corrected chi connectivity index (χ1v) is 7.68. The molecule has 1 amide bonds. The number of carbonyl (C=O) groups excluding carboxylic acids is 1. The van der Waals surface area contributed by atoms with Gasteiger partial charge in [0.25, 0.3) is 5.91 Å². The summed E-state index contributed by atoms with van der Waals surface area (Å²) >= 11 is 6.63. The van der Waals surface area contributed by atoms with Crippen LogP contribution in [0.15, 0.2) is 50.4 Å². The molecule has 0 unspecified atom stereocenters. The van der Waals surface area contributed by atoms with E-state index in [2.05, 4.69) is 48.3 Å². The zero-order valence-electron chi connectivity index (χ0n) is 11.2. The van der Waals surface area contributed by atoms with Gasteiger partial charge in [0.2, 0.25) is 0 Å². The zero-order chi connectivity index (χ0) is 16.1. The Balaban J connectivity index is 2.09. The second-order valence-electron chi connectivity index (χ2n) is 4.24. The Bertz CT molecular complexity index is 795. The average Bonchev–Trinajstić information content (AvgIpc) is 2.48. The molecule has 2 rings (SSSR count). The van der Waals surface area contributed by atoms with Crippen molar-refractivity contribution in [3.8, 4) is 18.1 Å². The van der Waals surface area contributed by atoms with Crippen LogP contribution in [0.2, 0.25) is 0 Å². The van der Waals surface area contributed by atoms with Crippen LogP contribution in [-0.4, -0.2) is 17.2 Å². The van der Waals surface area contributed by atoms with Gasteiger partial charge >= 0.3 is 0 Å². The molecule has 2 aromatic carbocycles. The molecule has 0 bridgehead atoms. The van der Waals surface area contributed by atoms with Gasteiger partial charge in [-0.15, -0.1) is 6.42 Å². The molecule has 0 spiro atoms. The van der Waals surface area contributed by atoms with E-state index < -0.39 is 0 Å². The molecular formula is C16H10Br2N2O2. The number of amides is 1. The summed E-state index contributed by atoms with van der Waals surface area (Å²) in [5, 5.41) is 13.6. The number of hydrogen-bond acceptors (Lipinski definition) is 3. The number of nitrogens with one attached hydrogen (secondary N) is 1. The summed E-state index contributed by atoms with van der Waals surface area (Å²) in [5.74, 6) is 2.05. The first kappa shape index (κ1) is 16.3. The highest BCUT2D eigenvalue weighted by molar-refractivity contribution is 9.11. The normalized spacial score (nSPS) is 10.4. The second kappa shape index (κ2) is 7.25. The molecule has 110 valence electrons. The zero-order valence-corrected chi connectivity index (χ0v) is 14.3. The molecule has 0 fully saturated rings. The fraction of sp³-hybridized carbons (Fsp3) is 0. The van der Waals surface area contributed by atoms with Crippen molar-refractivity contribution in [2.24, 2.45) is 5.10 Å². The van der Waals surface area contributed by atoms with Crippen LogP contribution in [0.4, 0.5) is 0 Å². The van der Waals surface area contributed by atoms with Gasteiger partial charge in [0, 0.05) is 20.1 Å². The highest BCUT2D eigenvalue weighted by Crippen LogP contribution is 2.22. The van der Waals surface area contributed by atoms with Gasteiger partial charge in [-0.1, -0.05) is 21.9 Å². The van der Waals surface area contributed by atoms with E-state index in [1.54, 1.807) is 30.3 Å². The van der Waals surface area contributed by atoms with E-state index in [1.165, 1.54) is 12.3 Å². The van der Waals surface area contributed by atoms with Gasteiger partial charge in [-0.05, 0) is 52.3 Å². The van der Waals surface area contributed by atoms with E-state index in [0.717, 1.165) is 4.47 Å². The molecule has 0 aliphatic carbocycles. The topological polar surface area (TPSA) is 61.7 Å². The SMILES string of the molecule is C#Cc1ccc(C=NNC(=O)c2ccc(Br)cc2Br)c(O)c1. The summed E-state index contributed by atoms with van der Waals surface area (Å²) < 4.78 is 1.51. The predicted molar refractivity (Wildman–Crippen MR) is 92.9 cm³/mol. The number of phenolic OH excluding ortho intramolecular Hbond substituents is 1. The number of hydrazone groups is 1. The molecule has 22 heavy (non-hydrogen) atoms. The maximum atomic E-state index is 12.0. The van der Waals surface area contributed by atoms with Crippen molar-refractivity contribution < 1.29 is 9.90 Å². The summed E-state index contributed by atoms with van der Waals surface area (Å²) in [7, 11) is 0. The molecule has 0 aromatic heterocycles. The van der Waals surface area contributed by atoms with Crippen LogP contribution in [0, 0.1) is 12.3 Å². The molecule has 4 nitrogen and oxygen atoms in total. The van der Waals surface area contributed by atoms with Crippen LogP contribution in [0.25, 0.3) is 0 Å². The van der Waals surface area contributed by atoms with Crippen LogP contribution in [0.5, 0.6) is 5.75 Å². The monoisotopic (exact) mass is 420 g/mol. The summed E-state index contributed by atoms with van der Waals surface area (Å²) in [6.07, 6.45) is 6.59. The van der Waals surface area contributed by atoms with Crippen molar-refractivity contribution in [1.82, 2.24) is 5.43 Å². The Hall–Kier alpha value is -2.10. The summed E-state index contributed by atoms with van der Waals surface area (Å²) in [6, 6.07) is 9.94. The van der Waals surface area contributed by atoms with E-state index >= 15 is 0 Å². The molecule has 6 heteroatoms. The standard InChI is InChI=1S/C16H10Br2N2O2/c1-2-10-3-4-11(15(21)7-10)9-19-20-16(22)13-6-5-12(17)8-14(13)18/h1,3-9,21H,(H,20,22). The Morgan fingerprint density at radius 2 is 2.05 bits per heavy atom. The Labute approximate surface area is 144 Å². The van der Waals surface area contributed by atoms with Crippen LogP contribution in [0.1, 0.15) is 21.5 Å². The highest BCUT2D eigenvalue weighted by Gasteiger charge is 2.09. The highest BCUT2D eigenvalue weighted by atomic mass is 79.9. The largest absolute Gasteiger partial charge is 0.507 e. The van der Waals surface area contributed by atoms with Gasteiger partial charge < -0.3 is 5.11 Å². The molecule has 0 heterocycles. The fourth-order valence-corrected chi connectivity index (χ4v) is 2.86.